The summed E-state index contributed by atoms with van der Waals surface area (Å²) >= 11 is 0. The van der Waals surface area contributed by atoms with Gasteiger partial charge in [0.1, 0.15) is 6.33 Å². The maximum Gasteiger partial charge on any atom is 0.115 e. The zero-order chi connectivity index (χ0) is 8.97. The van der Waals surface area contributed by atoms with Gasteiger partial charge in [-0.05, 0) is 32.3 Å². The molecule has 0 aliphatic heterocycles. The van der Waals surface area contributed by atoms with Crippen LogP contribution in [-0.4, -0.2) is 21.2 Å². The van der Waals surface area contributed by atoms with Gasteiger partial charge in [-0.2, -0.15) is 0 Å². The number of aliphatic hydroxyl groups excluding tert-OH is 1. The second-order valence-electron chi connectivity index (χ2n) is 3.02. The summed E-state index contributed by atoms with van der Waals surface area (Å²) in [5.74, 6) is 0. The molecule has 3 heteroatoms. The number of nitrogens with zero attached hydrogens (tertiary/aromatic N) is 2. The standard InChI is InChI=1S/C9H14N2O/c1-7(12)3-4-9-5-10-6-11-8(9)2/h5-7,12H,3-4H2,1-2H3/t7-/m0/s1. The summed E-state index contributed by atoms with van der Waals surface area (Å²) in [7, 11) is 0. The van der Waals surface area contributed by atoms with Crippen LogP contribution in [0.2, 0.25) is 0 Å². The molecular formula is C9H14N2O. The molecule has 0 aliphatic rings. The van der Waals surface area contributed by atoms with Gasteiger partial charge in [-0.15, -0.1) is 0 Å². The summed E-state index contributed by atoms with van der Waals surface area (Å²) in [4.78, 5) is 8.00. The first-order valence-electron chi connectivity index (χ1n) is 4.13. The monoisotopic (exact) mass is 166 g/mol. The van der Waals surface area contributed by atoms with Crippen molar-refractivity contribution in [1.29, 1.82) is 0 Å². The molecule has 1 heterocycles. The van der Waals surface area contributed by atoms with E-state index >= 15 is 0 Å². The first kappa shape index (κ1) is 9.13. The highest BCUT2D eigenvalue weighted by molar-refractivity contribution is 5.13. The van der Waals surface area contributed by atoms with Crippen molar-refractivity contribution in [1.82, 2.24) is 9.97 Å². The van der Waals surface area contributed by atoms with Gasteiger partial charge in [0.15, 0.2) is 0 Å². The fourth-order valence-corrected chi connectivity index (χ4v) is 1.03. The molecule has 1 aromatic rings. The maximum atomic E-state index is 9.06. The molecule has 0 bridgehead atoms. The van der Waals surface area contributed by atoms with Crippen molar-refractivity contribution < 1.29 is 5.11 Å². The van der Waals surface area contributed by atoms with E-state index in [2.05, 4.69) is 9.97 Å². The van der Waals surface area contributed by atoms with Crippen molar-refractivity contribution in [2.24, 2.45) is 0 Å². The molecule has 0 aliphatic carbocycles. The van der Waals surface area contributed by atoms with Gasteiger partial charge in [0.25, 0.3) is 0 Å². The molecule has 1 aromatic heterocycles. The largest absolute Gasteiger partial charge is 0.393 e. The van der Waals surface area contributed by atoms with E-state index < -0.39 is 0 Å². The minimum Gasteiger partial charge on any atom is -0.393 e. The molecule has 0 radical (unpaired) electrons. The van der Waals surface area contributed by atoms with E-state index in [0.29, 0.717) is 0 Å². The van der Waals surface area contributed by atoms with Crippen LogP contribution in [0.15, 0.2) is 12.5 Å². The Bertz CT molecular complexity index is 248. The van der Waals surface area contributed by atoms with Crippen molar-refractivity contribution in [3.63, 3.8) is 0 Å². The zero-order valence-electron chi connectivity index (χ0n) is 7.49. The third-order valence-corrected chi connectivity index (χ3v) is 1.84. The molecule has 1 rings (SSSR count). The molecule has 3 nitrogen and oxygen atoms in total. The van der Waals surface area contributed by atoms with Crippen molar-refractivity contribution in [2.75, 3.05) is 0 Å². The summed E-state index contributed by atoms with van der Waals surface area (Å²) in [6.07, 6.45) is 4.73. The van der Waals surface area contributed by atoms with E-state index in [1.54, 1.807) is 13.3 Å². The van der Waals surface area contributed by atoms with Crippen LogP contribution < -0.4 is 0 Å². The summed E-state index contributed by atoms with van der Waals surface area (Å²) in [5.41, 5.74) is 2.13. The van der Waals surface area contributed by atoms with Crippen LogP contribution in [0.1, 0.15) is 24.6 Å². The van der Waals surface area contributed by atoms with Gasteiger partial charge in [0, 0.05) is 11.9 Å². The molecule has 0 saturated carbocycles. The van der Waals surface area contributed by atoms with E-state index in [1.807, 2.05) is 13.1 Å². The van der Waals surface area contributed by atoms with Crippen molar-refractivity contribution in [3.8, 4) is 0 Å². The van der Waals surface area contributed by atoms with Crippen LogP contribution in [0.25, 0.3) is 0 Å². The topological polar surface area (TPSA) is 46.0 Å². The average molecular weight is 166 g/mol. The van der Waals surface area contributed by atoms with Gasteiger partial charge >= 0.3 is 0 Å². The van der Waals surface area contributed by atoms with Crippen LogP contribution in [0, 0.1) is 6.92 Å². The van der Waals surface area contributed by atoms with E-state index in [0.717, 1.165) is 24.1 Å². The predicted molar refractivity (Wildman–Crippen MR) is 46.8 cm³/mol. The third-order valence-electron chi connectivity index (χ3n) is 1.84. The van der Waals surface area contributed by atoms with Crippen molar-refractivity contribution in [3.05, 3.63) is 23.8 Å². The van der Waals surface area contributed by atoms with Crippen LogP contribution >= 0.6 is 0 Å². The van der Waals surface area contributed by atoms with Crippen LogP contribution in [0.5, 0.6) is 0 Å². The van der Waals surface area contributed by atoms with Crippen molar-refractivity contribution >= 4 is 0 Å². The molecule has 12 heavy (non-hydrogen) atoms. The fourth-order valence-electron chi connectivity index (χ4n) is 1.03. The fraction of sp³-hybridized carbons (Fsp3) is 0.556. The lowest BCUT2D eigenvalue weighted by Gasteiger charge is -2.05. The Kier molecular flexibility index (Phi) is 3.17. The lowest BCUT2D eigenvalue weighted by molar-refractivity contribution is 0.185. The summed E-state index contributed by atoms with van der Waals surface area (Å²) < 4.78 is 0. The second-order valence-corrected chi connectivity index (χ2v) is 3.02. The first-order valence-corrected chi connectivity index (χ1v) is 4.13. The summed E-state index contributed by atoms with van der Waals surface area (Å²) in [5, 5.41) is 9.06. The van der Waals surface area contributed by atoms with Gasteiger partial charge in [0.2, 0.25) is 0 Å². The molecule has 0 amide bonds. The summed E-state index contributed by atoms with van der Waals surface area (Å²) in [6.45, 7) is 3.75. The Morgan fingerprint density at radius 3 is 2.92 bits per heavy atom. The number of aliphatic hydroxyl groups is 1. The smallest absolute Gasteiger partial charge is 0.115 e. The molecule has 0 unspecified atom stereocenters. The average Bonchev–Trinajstić information content (AvgIpc) is 2.03. The quantitative estimate of drug-likeness (QED) is 0.731. The molecule has 1 atom stereocenters. The number of hydrogen-bond acceptors (Lipinski definition) is 3. The summed E-state index contributed by atoms with van der Waals surface area (Å²) in [6, 6.07) is 0. The molecule has 66 valence electrons. The number of hydrogen-bond donors (Lipinski definition) is 1. The minimum absolute atomic E-state index is 0.246. The highest BCUT2D eigenvalue weighted by Crippen LogP contribution is 2.06. The van der Waals surface area contributed by atoms with Crippen LogP contribution in [0.3, 0.4) is 0 Å². The molecule has 0 spiro atoms. The predicted octanol–water partition coefficient (Wildman–Crippen LogP) is 1.10. The Hall–Kier alpha value is -0.960. The van der Waals surface area contributed by atoms with E-state index in [9.17, 15) is 0 Å². The lowest BCUT2D eigenvalue weighted by atomic mass is 10.1. The Morgan fingerprint density at radius 1 is 1.58 bits per heavy atom. The van der Waals surface area contributed by atoms with E-state index in [1.165, 1.54) is 0 Å². The first-order chi connectivity index (χ1) is 5.70. The number of aromatic nitrogens is 2. The molecular weight excluding hydrogens is 152 g/mol. The maximum absolute atomic E-state index is 9.06. The Morgan fingerprint density at radius 2 is 2.33 bits per heavy atom. The highest BCUT2D eigenvalue weighted by Gasteiger charge is 2.01. The van der Waals surface area contributed by atoms with Crippen LogP contribution in [-0.2, 0) is 6.42 Å². The molecule has 0 aromatic carbocycles. The Balaban J connectivity index is 2.57. The Labute approximate surface area is 72.5 Å². The zero-order valence-corrected chi connectivity index (χ0v) is 7.49. The third kappa shape index (κ3) is 2.58. The van der Waals surface area contributed by atoms with Gasteiger partial charge in [-0.3, -0.25) is 0 Å². The number of rotatable bonds is 3. The lowest BCUT2D eigenvalue weighted by Crippen LogP contribution is -2.03. The highest BCUT2D eigenvalue weighted by atomic mass is 16.3. The van der Waals surface area contributed by atoms with E-state index in [4.69, 9.17) is 5.11 Å². The van der Waals surface area contributed by atoms with Gasteiger partial charge in [0.05, 0.1) is 6.10 Å². The van der Waals surface area contributed by atoms with E-state index in [-0.39, 0.29) is 6.10 Å². The second kappa shape index (κ2) is 4.16. The molecule has 0 fully saturated rings. The molecule has 0 saturated heterocycles. The SMILES string of the molecule is Cc1ncncc1CC[C@H](C)O. The van der Waals surface area contributed by atoms with Gasteiger partial charge in [-0.25, -0.2) is 9.97 Å². The van der Waals surface area contributed by atoms with Crippen molar-refractivity contribution in [2.45, 2.75) is 32.8 Å². The van der Waals surface area contributed by atoms with Crippen LogP contribution in [0.4, 0.5) is 0 Å². The van der Waals surface area contributed by atoms with Gasteiger partial charge in [-0.1, -0.05) is 0 Å². The normalized spacial score (nSPS) is 12.9. The minimum atomic E-state index is -0.246. The van der Waals surface area contributed by atoms with Gasteiger partial charge < -0.3 is 5.11 Å². The molecule has 1 N–H and O–H groups in total. The number of aryl methyl sites for hydroxylation is 2.